The normalized spacial score (nSPS) is 13.0. The summed E-state index contributed by atoms with van der Waals surface area (Å²) in [6.07, 6.45) is 5.14. The number of nitrogens with zero attached hydrogens (tertiary/aromatic N) is 4. The minimum atomic E-state index is -0.397. The Balaban J connectivity index is 1.62. The second-order valence-electron chi connectivity index (χ2n) is 5.36. The van der Waals surface area contributed by atoms with Crippen LogP contribution in [0.4, 0.5) is 4.39 Å². The van der Waals surface area contributed by atoms with E-state index in [-0.39, 0.29) is 5.02 Å². The summed E-state index contributed by atoms with van der Waals surface area (Å²) in [6.45, 7) is 0. The Bertz CT molecular complexity index is 905. The average molecular weight is 328 g/mol. The lowest BCUT2D eigenvalue weighted by Gasteiger charge is -2.05. The van der Waals surface area contributed by atoms with Crippen molar-refractivity contribution in [2.45, 2.75) is 12.8 Å². The molecule has 0 unspecified atom stereocenters. The zero-order valence-corrected chi connectivity index (χ0v) is 12.7. The van der Waals surface area contributed by atoms with Gasteiger partial charge >= 0.3 is 0 Å². The van der Waals surface area contributed by atoms with Crippen LogP contribution in [0.15, 0.2) is 36.0 Å². The molecule has 1 aliphatic carbocycles. The van der Waals surface area contributed by atoms with E-state index >= 15 is 0 Å². The smallest absolute Gasteiger partial charge is 0.205 e. The lowest BCUT2D eigenvalue weighted by Crippen LogP contribution is -1.96. The number of hydrogen-bond donors (Lipinski definition) is 1. The van der Waals surface area contributed by atoms with Gasteiger partial charge in [0.2, 0.25) is 5.82 Å². The fourth-order valence-corrected chi connectivity index (χ4v) is 2.92. The Labute approximate surface area is 136 Å². The zero-order valence-electron chi connectivity index (χ0n) is 11.9. The summed E-state index contributed by atoms with van der Waals surface area (Å²) in [5.74, 6) is 0.154. The molecule has 0 fully saturated rings. The third-order valence-electron chi connectivity index (χ3n) is 3.84. The first-order valence-electron chi connectivity index (χ1n) is 7.06. The van der Waals surface area contributed by atoms with Crippen molar-refractivity contribution in [3.63, 3.8) is 0 Å². The van der Waals surface area contributed by atoms with Crippen molar-refractivity contribution in [3.05, 3.63) is 63.7 Å². The van der Waals surface area contributed by atoms with Gasteiger partial charge in [-0.15, -0.1) is 10.2 Å². The van der Waals surface area contributed by atoms with Gasteiger partial charge in [-0.05, 0) is 53.5 Å². The summed E-state index contributed by atoms with van der Waals surface area (Å²) < 4.78 is 13.6. The highest BCUT2D eigenvalue weighted by Gasteiger charge is 2.20. The third kappa shape index (κ3) is 2.61. The van der Waals surface area contributed by atoms with Crippen LogP contribution < -0.4 is 0 Å². The van der Waals surface area contributed by atoms with Gasteiger partial charge in [-0.25, -0.2) is 4.39 Å². The maximum atomic E-state index is 13.6. The molecule has 1 aliphatic rings. The Morgan fingerprint density at radius 1 is 1.26 bits per heavy atom. The number of rotatable bonds is 3. The molecule has 114 valence electrons. The van der Waals surface area contributed by atoms with Gasteiger partial charge in [-0.3, -0.25) is 4.98 Å². The van der Waals surface area contributed by atoms with Crippen molar-refractivity contribution < 1.29 is 4.39 Å². The molecule has 0 aliphatic heterocycles. The largest absolute Gasteiger partial charge is 0.257 e. The molecule has 0 amide bonds. The molecule has 2 aromatic heterocycles. The molecule has 4 rings (SSSR count). The number of hydrogen-bond acceptors (Lipinski definition) is 4. The van der Waals surface area contributed by atoms with Gasteiger partial charge in [0, 0.05) is 11.8 Å². The van der Waals surface area contributed by atoms with E-state index in [1.165, 1.54) is 6.07 Å². The minimum Gasteiger partial charge on any atom is -0.257 e. The molecule has 2 heterocycles. The molecule has 7 heteroatoms. The van der Waals surface area contributed by atoms with Gasteiger partial charge in [0.15, 0.2) is 0 Å². The number of aromatic amines is 1. The second-order valence-corrected chi connectivity index (χ2v) is 5.77. The van der Waals surface area contributed by atoms with Crippen molar-refractivity contribution >= 4 is 17.7 Å². The number of nitrogens with one attached hydrogen (secondary N) is 1. The number of halogens is 2. The number of aromatic nitrogens is 5. The summed E-state index contributed by atoms with van der Waals surface area (Å²) in [5, 5.41) is 14.3. The van der Waals surface area contributed by atoms with Crippen molar-refractivity contribution in [2.75, 3.05) is 0 Å². The molecule has 1 aromatic carbocycles. The van der Waals surface area contributed by atoms with Crippen molar-refractivity contribution in [3.8, 4) is 11.4 Å². The topological polar surface area (TPSA) is 67.3 Å². The van der Waals surface area contributed by atoms with E-state index in [1.807, 2.05) is 18.2 Å². The molecule has 23 heavy (non-hydrogen) atoms. The van der Waals surface area contributed by atoms with E-state index < -0.39 is 5.82 Å². The number of benzene rings is 1. The third-order valence-corrected chi connectivity index (χ3v) is 4.14. The predicted octanol–water partition coefficient (Wildman–Crippen LogP) is 3.24. The Morgan fingerprint density at radius 3 is 2.96 bits per heavy atom. The first-order chi connectivity index (χ1) is 11.2. The van der Waals surface area contributed by atoms with Crippen molar-refractivity contribution in [1.29, 1.82) is 0 Å². The lowest BCUT2D eigenvalue weighted by atomic mass is 10.0. The Hall–Kier alpha value is -2.60. The van der Waals surface area contributed by atoms with E-state index in [9.17, 15) is 4.39 Å². The minimum absolute atomic E-state index is 0.137. The molecular weight excluding hydrogens is 317 g/mol. The van der Waals surface area contributed by atoms with Gasteiger partial charge in [-0.1, -0.05) is 23.2 Å². The van der Waals surface area contributed by atoms with Crippen LogP contribution in [0.25, 0.3) is 17.5 Å². The van der Waals surface area contributed by atoms with Gasteiger partial charge in [0.1, 0.15) is 5.82 Å². The van der Waals surface area contributed by atoms with E-state index in [0.717, 1.165) is 34.4 Å². The number of allylic oxidation sites excluding steroid dienone is 1. The molecule has 0 bridgehead atoms. The van der Waals surface area contributed by atoms with Crippen LogP contribution in [0.3, 0.4) is 0 Å². The molecule has 3 aromatic rings. The van der Waals surface area contributed by atoms with E-state index in [2.05, 4.69) is 25.6 Å². The first-order valence-corrected chi connectivity index (χ1v) is 7.43. The Morgan fingerprint density at radius 2 is 2.17 bits per heavy atom. The number of tetrazole rings is 1. The monoisotopic (exact) mass is 327 g/mol. The highest BCUT2D eigenvalue weighted by Crippen LogP contribution is 2.32. The van der Waals surface area contributed by atoms with Crippen LogP contribution in [-0.4, -0.2) is 25.6 Å². The van der Waals surface area contributed by atoms with Crippen LogP contribution in [0.5, 0.6) is 0 Å². The predicted molar refractivity (Wildman–Crippen MR) is 84.2 cm³/mol. The number of pyridine rings is 1. The van der Waals surface area contributed by atoms with Gasteiger partial charge in [-0.2, -0.15) is 5.21 Å². The highest BCUT2D eigenvalue weighted by molar-refractivity contribution is 6.30. The van der Waals surface area contributed by atoms with E-state index in [0.29, 0.717) is 12.2 Å². The molecule has 0 saturated carbocycles. The van der Waals surface area contributed by atoms with E-state index in [1.54, 1.807) is 12.3 Å². The van der Waals surface area contributed by atoms with Crippen LogP contribution in [0.2, 0.25) is 5.02 Å². The van der Waals surface area contributed by atoms with Crippen LogP contribution in [0, 0.1) is 5.82 Å². The maximum absolute atomic E-state index is 13.6. The standard InChI is InChI=1S/C16H11ClFN5/c17-13-2-1-9(7-14(13)18)5-10-6-12-11(16-20-22-23-21-16)3-4-19-15(12)8-10/h1-4,7-8H,5-6H2,(H,20,21,22,23). The molecule has 0 saturated heterocycles. The van der Waals surface area contributed by atoms with Gasteiger partial charge in [0.25, 0.3) is 0 Å². The fourth-order valence-electron chi connectivity index (χ4n) is 2.80. The summed E-state index contributed by atoms with van der Waals surface area (Å²) >= 11 is 5.73. The SMILES string of the molecule is Fc1cc(CC2=Cc3nccc(-c4nn[nH]n4)c3C2)ccc1Cl. The number of fused-ring (bicyclic) bond motifs is 1. The second kappa shape index (κ2) is 5.55. The quantitative estimate of drug-likeness (QED) is 0.802. The summed E-state index contributed by atoms with van der Waals surface area (Å²) in [5.41, 5.74) is 4.92. The summed E-state index contributed by atoms with van der Waals surface area (Å²) in [7, 11) is 0. The molecule has 0 radical (unpaired) electrons. The van der Waals surface area contributed by atoms with Gasteiger partial charge < -0.3 is 0 Å². The molecule has 5 nitrogen and oxygen atoms in total. The molecular formula is C16H11ClFN5. The van der Waals surface area contributed by atoms with Crippen molar-refractivity contribution in [2.24, 2.45) is 0 Å². The molecule has 0 atom stereocenters. The zero-order chi connectivity index (χ0) is 15.8. The van der Waals surface area contributed by atoms with Crippen LogP contribution in [0.1, 0.15) is 16.8 Å². The average Bonchev–Trinajstić information content (AvgIpc) is 3.19. The number of H-pyrrole nitrogens is 1. The maximum Gasteiger partial charge on any atom is 0.205 e. The van der Waals surface area contributed by atoms with Gasteiger partial charge in [0.05, 0.1) is 10.7 Å². The van der Waals surface area contributed by atoms with Crippen molar-refractivity contribution in [1.82, 2.24) is 25.6 Å². The summed E-state index contributed by atoms with van der Waals surface area (Å²) in [4.78, 5) is 4.40. The first kappa shape index (κ1) is 14.0. The lowest BCUT2D eigenvalue weighted by molar-refractivity contribution is 0.626. The molecule has 0 spiro atoms. The summed E-state index contributed by atoms with van der Waals surface area (Å²) in [6, 6.07) is 6.77. The fraction of sp³-hybridized carbons (Fsp3) is 0.125. The van der Waals surface area contributed by atoms with Crippen LogP contribution in [-0.2, 0) is 12.8 Å². The Kier molecular flexibility index (Phi) is 3.38. The van der Waals surface area contributed by atoms with Crippen LogP contribution >= 0.6 is 11.6 Å². The molecule has 1 N–H and O–H groups in total. The van der Waals surface area contributed by atoms with E-state index in [4.69, 9.17) is 11.6 Å². The highest BCUT2D eigenvalue weighted by atomic mass is 35.5.